The average Bonchev–Trinajstić information content (AvgIpc) is 3.01. The molecule has 1 fully saturated rings. The van der Waals surface area contributed by atoms with Crippen molar-refractivity contribution in [2.45, 2.75) is 33.8 Å². The molecule has 0 spiro atoms. The maximum Gasteiger partial charge on any atom is 0.340 e. The van der Waals surface area contributed by atoms with Gasteiger partial charge >= 0.3 is 5.97 Å². The molecule has 0 aliphatic carbocycles. The molecule has 0 saturated carbocycles. The Bertz CT molecular complexity index is 974. The lowest BCUT2D eigenvalue weighted by Crippen LogP contribution is -2.49. The monoisotopic (exact) mass is 414 g/mol. The first-order valence-corrected chi connectivity index (χ1v) is 9.88. The largest absolute Gasteiger partial charge is 0.459 e. The van der Waals surface area contributed by atoms with Gasteiger partial charge in [-0.3, -0.25) is 14.9 Å². The van der Waals surface area contributed by atoms with Gasteiger partial charge in [-0.25, -0.2) is 4.79 Å². The number of amides is 1. The Morgan fingerprint density at radius 1 is 1.13 bits per heavy atom. The molecule has 1 aromatic heterocycles. The molecule has 30 heavy (non-hydrogen) atoms. The lowest BCUT2D eigenvalue weighted by atomic mass is 10.1. The molecule has 1 saturated heterocycles. The number of para-hydroxylation sites is 2. The lowest BCUT2D eigenvalue weighted by Gasteiger charge is -2.35. The Morgan fingerprint density at radius 2 is 1.77 bits per heavy atom. The standard InChI is InChI=1S/C21H26N4O5/c1-13(2)30-21(27)18-14(3)19(22-15(18)4)20(26)24-11-9-23(10-12-24)16-7-5-6-8-17(16)25(28)29/h5-8,13,22H,9-12H2,1-4H3. The van der Waals surface area contributed by atoms with Crippen molar-refractivity contribution in [3.05, 3.63) is 56.9 Å². The highest BCUT2D eigenvalue weighted by Gasteiger charge is 2.29. The molecule has 3 rings (SSSR count). The number of nitrogens with one attached hydrogen (secondary N) is 1. The molecule has 1 N–H and O–H groups in total. The molecule has 1 aliphatic heterocycles. The van der Waals surface area contributed by atoms with Crippen molar-refractivity contribution in [1.82, 2.24) is 9.88 Å². The fourth-order valence-corrected chi connectivity index (χ4v) is 3.74. The average molecular weight is 414 g/mol. The zero-order valence-electron chi connectivity index (χ0n) is 17.6. The number of aromatic amines is 1. The topological polar surface area (TPSA) is 109 Å². The van der Waals surface area contributed by atoms with E-state index in [2.05, 4.69) is 4.98 Å². The number of nitrogens with zero attached hydrogens (tertiary/aromatic N) is 3. The minimum atomic E-state index is -0.448. The molecule has 9 nitrogen and oxygen atoms in total. The van der Waals surface area contributed by atoms with Crippen LogP contribution in [0.4, 0.5) is 11.4 Å². The fourth-order valence-electron chi connectivity index (χ4n) is 3.74. The van der Waals surface area contributed by atoms with Crippen LogP contribution in [0.3, 0.4) is 0 Å². The van der Waals surface area contributed by atoms with Gasteiger partial charge in [0.1, 0.15) is 11.4 Å². The van der Waals surface area contributed by atoms with Gasteiger partial charge in [-0.2, -0.15) is 0 Å². The highest BCUT2D eigenvalue weighted by atomic mass is 16.6. The minimum absolute atomic E-state index is 0.0569. The van der Waals surface area contributed by atoms with E-state index in [1.54, 1.807) is 50.8 Å². The number of esters is 1. The molecule has 0 radical (unpaired) electrons. The van der Waals surface area contributed by atoms with E-state index in [9.17, 15) is 19.7 Å². The Labute approximate surface area is 174 Å². The number of aromatic nitrogens is 1. The van der Waals surface area contributed by atoms with Crippen molar-refractivity contribution in [1.29, 1.82) is 0 Å². The van der Waals surface area contributed by atoms with Crippen LogP contribution in [0.2, 0.25) is 0 Å². The van der Waals surface area contributed by atoms with Crippen LogP contribution >= 0.6 is 0 Å². The van der Waals surface area contributed by atoms with Gasteiger partial charge in [0.2, 0.25) is 0 Å². The minimum Gasteiger partial charge on any atom is -0.459 e. The second-order valence-corrected chi connectivity index (χ2v) is 7.60. The summed E-state index contributed by atoms with van der Waals surface area (Å²) in [6, 6.07) is 6.61. The number of anilines is 1. The van der Waals surface area contributed by atoms with Gasteiger partial charge in [0.25, 0.3) is 11.6 Å². The second kappa shape index (κ2) is 8.56. The van der Waals surface area contributed by atoms with Gasteiger partial charge in [-0.05, 0) is 39.3 Å². The summed E-state index contributed by atoms with van der Waals surface area (Å²) in [7, 11) is 0. The first kappa shape index (κ1) is 21.4. The molecule has 0 atom stereocenters. The van der Waals surface area contributed by atoms with E-state index in [0.29, 0.717) is 54.4 Å². The molecule has 1 aromatic carbocycles. The number of hydrogen-bond acceptors (Lipinski definition) is 6. The van der Waals surface area contributed by atoms with Crippen molar-refractivity contribution in [3.63, 3.8) is 0 Å². The summed E-state index contributed by atoms with van der Waals surface area (Å²) in [4.78, 5) is 43.0. The summed E-state index contributed by atoms with van der Waals surface area (Å²) < 4.78 is 5.28. The second-order valence-electron chi connectivity index (χ2n) is 7.60. The maximum atomic E-state index is 13.1. The van der Waals surface area contributed by atoms with E-state index in [-0.39, 0.29) is 17.7 Å². The van der Waals surface area contributed by atoms with Crippen molar-refractivity contribution in [2.24, 2.45) is 0 Å². The first-order valence-electron chi connectivity index (χ1n) is 9.88. The zero-order valence-corrected chi connectivity index (χ0v) is 17.6. The molecule has 0 bridgehead atoms. The van der Waals surface area contributed by atoms with Gasteiger partial charge in [-0.15, -0.1) is 0 Å². The van der Waals surface area contributed by atoms with Gasteiger partial charge < -0.3 is 19.5 Å². The molecule has 9 heteroatoms. The lowest BCUT2D eigenvalue weighted by molar-refractivity contribution is -0.384. The van der Waals surface area contributed by atoms with Crippen LogP contribution < -0.4 is 4.90 Å². The number of benzene rings is 1. The van der Waals surface area contributed by atoms with Gasteiger partial charge in [0.05, 0.1) is 16.6 Å². The third-order valence-corrected chi connectivity index (χ3v) is 5.18. The van der Waals surface area contributed by atoms with Crippen molar-refractivity contribution >= 4 is 23.3 Å². The van der Waals surface area contributed by atoms with Crippen LogP contribution in [-0.4, -0.2) is 59.0 Å². The number of carbonyl (C=O) groups is 2. The number of nitro groups is 1. The zero-order chi connectivity index (χ0) is 22.0. The number of ether oxygens (including phenoxy) is 1. The van der Waals surface area contributed by atoms with Crippen LogP contribution in [-0.2, 0) is 4.74 Å². The summed E-state index contributed by atoms with van der Waals surface area (Å²) in [6.45, 7) is 8.84. The molecular weight excluding hydrogens is 388 g/mol. The number of hydrogen-bond donors (Lipinski definition) is 1. The summed E-state index contributed by atoms with van der Waals surface area (Å²) in [6.07, 6.45) is -0.250. The van der Waals surface area contributed by atoms with Crippen LogP contribution in [0.15, 0.2) is 24.3 Å². The summed E-state index contributed by atoms with van der Waals surface area (Å²) in [5.41, 5.74) is 2.55. The first-order chi connectivity index (χ1) is 14.2. The number of nitro benzene ring substituents is 1. The Balaban J connectivity index is 1.74. The summed E-state index contributed by atoms with van der Waals surface area (Å²) >= 11 is 0. The fraction of sp³-hybridized carbons (Fsp3) is 0.429. The normalized spacial score (nSPS) is 14.2. The number of rotatable bonds is 5. The Hall–Kier alpha value is -3.36. The Morgan fingerprint density at radius 3 is 2.37 bits per heavy atom. The van der Waals surface area contributed by atoms with E-state index in [1.165, 1.54) is 6.07 Å². The SMILES string of the molecule is Cc1[nH]c(C(=O)N2CCN(c3ccccc3[N+](=O)[O-])CC2)c(C)c1C(=O)OC(C)C. The molecular formula is C21H26N4O5. The van der Waals surface area contributed by atoms with Gasteiger partial charge in [0.15, 0.2) is 0 Å². The molecule has 1 aliphatic rings. The molecule has 2 heterocycles. The molecule has 1 amide bonds. The van der Waals surface area contributed by atoms with Crippen molar-refractivity contribution in [2.75, 3.05) is 31.1 Å². The number of piperazine rings is 1. The maximum absolute atomic E-state index is 13.1. The summed E-state index contributed by atoms with van der Waals surface area (Å²) in [5, 5.41) is 11.3. The quantitative estimate of drug-likeness (QED) is 0.458. The van der Waals surface area contributed by atoms with E-state index in [4.69, 9.17) is 4.74 Å². The third-order valence-electron chi connectivity index (χ3n) is 5.18. The van der Waals surface area contributed by atoms with Crippen LogP contribution in [0.5, 0.6) is 0 Å². The third kappa shape index (κ3) is 4.14. The number of carbonyl (C=O) groups excluding carboxylic acids is 2. The highest BCUT2D eigenvalue weighted by molar-refractivity contribution is 6.00. The predicted molar refractivity (Wildman–Crippen MR) is 112 cm³/mol. The van der Waals surface area contributed by atoms with Gasteiger partial charge in [-0.1, -0.05) is 12.1 Å². The van der Waals surface area contributed by atoms with Crippen molar-refractivity contribution in [3.8, 4) is 0 Å². The van der Waals surface area contributed by atoms with E-state index < -0.39 is 10.9 Å². The molecule has 0 unspecified atom stereocenters. The van der Waals surface area contributed by atoms with Crippen LogP contribution in [0.1, 0.15) is 46.0 Å². The van der Waals surface area contributed by atoms with Crippen LogP contribution in [0.25, 0.3) is 0 Å². The number of aryl methyl sites for hydroxylation is 1. The number of H-pyrrole nitrogens is 1. The predicted octanol–water partition coefficient (Wildman–Crippen LogP) is 3.07. The van der Waals surface area contributed by atoms with Crippen LogP contribution in [0, 0.1) is 24.0 Å². The van der Waals surface area contributed by atoms with E-state index >= 15 is 0 Å². The molecule has 160 valence electrons. The Kier molecular flexibility index (Phi) is 6.09. The van der Waals surface area contributed by atoms with Gasteiger partial charge in [0, 0.05) is 37.9 Å². The highest BCUT2D eigenvalue weighted by Crippen LogP contribution is 2.29. The van der Waals surface area contributed by atoms with Crippen molar-refractivity contribution < 1.29 is 19.2 Å². The smallest absolute Gasteiger partial charge is 0.340 e. The van der Waals surface area contributed by atoms with E-state index in [1.807, 2.05) is 4.90 Å². The summed E-state index contributed by atoms with van der Waals surface area (Å²) in [5.74, 6) is -0.641. The van der Waals surface area contributed by atoms with E-state index in [0.717, 1.165) is 0 Å². The molecule has 2 aromatic rings.